The van der Waals surface area contributed by atoms with Gasteiger partial charge in [0.05, 0.1) is 12.2 Å². The zero-order chi connectivity index (χ0) is 19.3. The van der Waals surface area contributed by atoms with Crippen LogP contribution in [0.1, 0.15) is 36.2 Å². The molecule has 2 aromatic heterocycles. The van der Waals surface area contributed by atoms with Crippen LogP contribution in [-0.2, 0) is 18.7 Å². The van der Waals surface area contributed by atoms with Crippen LogP contribution in [0.4, 0.5) is 5.82 Å². The van der Waals surface area contributed by atoms with Crippen molar-refractivity contribution in [2.45, 2.75) is 50.9 Å². The highest BCUT2D eigenvalue weighted by Gasteiger charge is 2.22. The molecular formula is C20H28N6OS. The molecule has 0 spiro atoms. The third-order valence-corrected chi connectivity index (χ3v) is 6.58. The van der Waals surface area contributed by atoms with Crippen LogP contribution in [0.25, 0.3) is 0 Å². The monoisotopic (exact) mass is 400 g/mol. The predicted octanol–water partition coefficient (Wildman–Crippen LogP) is 2.10. The van der Waals surface area contributed by atoms with Gasteiger partial charge in [0, 0.05) is 49.1 Å². The first-order valence-electron chi connectivity index (χ1n) is 10.1. The first kappa shape index (κ1) is 19.4. The van der Waals surface area contributed by atoms with E-state index in [0.29, 0.717) is 12.6 Å². The molecule has 0 amide bonds. The lowest BCUT2D eigenvalue weighted by Gasteiger charge is -2.36. The summed E-state index contributed by atoms with van der Waals surface area (Å²) in [4.78, 5) is 23.4. The molecule has 150 valence electrons. The van der Waals surface area contributed by atoms with E-state index in [1.807, 2.05) is 24.8 Å². The molecule has 8 heteroatoms. The third kappa shape index (κ3) is 4.72. The fourth-order valence-electron chi connectivity index (χ4n) is 4.00. The lowest BCUT2D eigenvalue weighted by molar-refractivity contribution is 0.147. The minimum Gasteiger partial charge on any atom is -0.368 e. The third-order valence-electron chi connectivity index (χ3n) is 5.58. The maximum Gasteiger partial charge on any atom is 0.267 e. The van der Waals surface area contributed by atoms with Gasteiger partial charge in [0.25, 0.3) is 5.56 Å². The summed E-state index contributed by atoms with van der Waals surface area (Å²) in [6.45, 7) is 5.42. The number of hydrogen-bond acceptors (Lipinski definition) is 7. The second-order valence-corrected chi connectivity index (χ2v) is 8.70. The Morgan fingerprint density at radius 1 is 1.25 bits per heavy atom. The number of aromatic nitrogens is 4. The second kappa shape index (κ2) is 9.05. The molecule has 28 heavy (non-hydrogen) atoms. The highest BCUT2D eigenvalue weighted by atomic mass is 32.2. The van der Waals surface area contributed by atoms with Crippen molar-refractivity contribution in [3.8, 4) is 0 Å². The lowest BCUT2D eigenvalue weighted by Crippen LogP contribution is -2.45. The van der Waals surface area contributed by atoms with E-state index in [0.717, 1.165) is 60.3 Å². The average Bonchev–Trinajstić information content (AvgIpc) is 2.71. The van der Waals surface area contributed by atoms with Gasteiger partial charge in [0.1, 0.15) is 12.1 Å². The van der Waals surface area contributed by atoms with Gasteiger partial charge in [0.2, 0.25) is 0 Å². The van der Waals surface area contributed by atoms with E-state index < -0.39 is 0 Å². The Morgan fingerprint density at radius 3 is 3.07 bits per heavy atom. The summed E-state index contributed by atoms with van der Waals surface area (Å²) in [6.07, 6.45) is 6.20. The van der Waals surface area contributed by atoms with Gasteiger partial charge in [-0.1, -0.05) is 6.42 Å². The summed E-state index contributed by atoms with van der Waals surface area (Å²) >= 11 is 1.88. The minimum absolute atomic E-state index is 0.0318. The van der Waals surface area contributed by atoms with Gasteiger partial charge in [-0.3, -0.25) is 9.69 Å². The van der Waals surface area contributed by atoms with E-state index in [4.69, 9.17) is 0 Å². The van der Waals surface area contributed by atoms with Gasteiger partial charge >= 0.3 is 0 Å². The van der Waals surface area contributed by atoms with Crippen molar-refractivity contribution in [1.29, 1.82) is 0 Å². The smallest absolute Gasteiger partial charge is 0.267 e. The SMILES string of the molecule is Cc1cc(NCC2CCCCN2CCn2nc3c(cc2=O)CSCC3)ncn1. The van der Waals surface area contributed by atoms with E-state index in [9.17, 15) is 4.79 Å². The fourth-order valence-corrected chi connectivity index (χ4v) is 4.95. The normalized spacial score (nSPS) is 20.0. The molecule has 1 unspecified atom stereocenters. The van der Waals surface area contributed by atoms with E-state index in [1.165, 1.54) is 19.3 Å². The number of fused-ring (bicyclic) bond motifs is 1. The first-order chi connectivity index (χ1) is 13.7. The molecule has 7 nitrogen and oxygen atoms in total. The molecule has 4 rings (SSSR count). The Labute approximate surface area is 170 Å². The summed E-state index contributed by atoms with van der Waals surface area (Å²) in [5.74, 6) is 2.89. The summed E-state index contributed by atoms with van der Waals surface area (Å²) in [6, 6.07) is 4.22. The van der Waals surface area contributed by atoms with Crippen LogP contribution in [-0.4, -0.2) is 56.1 Å². The van der Waals surface area contributed by atoms with Crippen molar-refractivity contribution in [1.82, 2.24) is 24.6 Å². The number of likely N-dealkylation sites (tertiary alicyclic amines) is 1. The van der Waals surface area contributed by atoms with Crippen LogP contribution in [0.15, 0.2) is 23.3 Å². The molecule has 1 saturated heterocycles. The maximum atomic E-state index is 12.4. The Bertz CT molecular complexity index is 870. The first-order valence-corrected chi connectivity index (χ1v) is 11.3. The van der Waals surface area contributed by atoms with Crippen LogP contribution in [0, 0.1) is 6.92 Å². The Balaban J connectivity index is 1.38. The molecule has 1 atom stereocenters. The molecular weight excluding hydrogens is 372 g/mol. The van der Waals surface area contributed by atoms with Gasteiger partial charge in [-0.25, -0.2) is 14.6 Å². The predicted molar refractivity (Wildman–Crippen MR) is 113 cm³/mol. The molecule has 2 aliphatic rings. The topological polar surface area (TPSA) is 75.9 Å². The van der Waals surface area contributed by atoms with Crippen molar-refractivity contribution in [2.75, 3.05) is 30.7 Å². The number of nitrogens with zero attached hydrogens (tertiary/aromatic N) is 5. The molecule has 1 fully saturated rings. The van der Waals surface area contributed by atoms with Gasteiger partial charge < -0.3 is 5.32 Å². The van der Waals surface area contributed by atoms with Crippen molar-refractivity contribution < 1.29 is 0 Å². The number of nitrogens with one attached hydrogen (secondary N) is 1. The number of hydrogen-bond donors (Lipinski definition) is 1. The summed E-state index contributed by atoms with van der Waals surface area (Å²) in [5.41, 5.74) is 3.23. The standard InChI is InChI=1S/C20H28N6OS/c1-15-10-19(23-14-22-15)21-12-17-4-2-3-6-25(17)7-8-26-20(27)11-16-13-28-9-5-18(16)24-26/h10-11,14,17H,2-9,12-13H2,1H3,(H,21,22,23). The van der Waals surface area contributed by atoms with Gasteiger partial charge in [0.15, 0.2) is 0 Å². The molecule has 1 N–H and O–H groups in total. The molecule has 4 heterocycles. The zero-order valence-electron chi connectivity index (χ0n) is 16.4. The van der Waals surface area contributed by atoms with Crippen LogP contribution in [0.2, 0.25) is 0 Å². The molecule has 0 radical (unpaired) electrons. The average molecular weight is 401 g/mol. The van der Waals surface area contributed by atoms with Gasteiger partial charge in [-0.2, -0.15) is 16.9 Å². The number of thioether (sulfide) groups is 1. The fraction of sp³-hybridized carbons (Fsp3) is 0.600. The van der Waals surface area contributed by atoms with Crippen molar-refractivity contribution in [2.24, 2.45) is 0 Å². The molecule has 0 aliphatic carbocycles. The number of anilines is 1. The van der Waals surface area contributed by atoms with Crippen LogP contribution in [0.5, 0.6) is 0 Å². The van der Waals surface area contributed by atoms with E-state index in [2.05, 4.69) is 25.3 Å². The van der Waals surface area contributed by atoms with Gasteiger partial charge in [-0.15, -0.1) is 0 Å². The Hall–Kier alpha value is -1.93. The van der Waals surface area contributed by atoms with Crippen LogP contribution >= 0.6 is 11.8 Å². The lowest BCUT2D eigenvalue weighted by atomic mass is 10.0. The molecule has 0 saturated carbocycles. The highest BCUT2D eigenvalue weighted by Crippen LogP contribution is 2.21. The maximum absolute atomic E-state index is 12.4. The largest absolute Gasteiger partial charge is 0.368 e. The second-order valence-electron chi connectivity index (χ2n) is 7.59. The van der Waals surface area contributed by atoms with Crippen molar-refractivity contribution in [3.63, 3.8) is 0 Å². The minimum atomic E-state index is 0.0318. The summed E-state index contributed by atoms with van der Waals surface area (Å²) in [5, 5.41) is 8.11. The zero-order valence-corrected chi connectivity index (χ0v) is 17.2. The highest BCUT2D eigenvalue weighted by molar-refractivity contribution is 7.98. The van der Waals surface area contributed by atoms with Gasteiger partial charge in [-0.05, 0) is 37.6 Å². The Morgan fingerprint density at radius 2 is 2.18 bits per heavy atom. The number of rotatable bonds is 6. The number of piperidine rings is 1. The summed E-state index contributed by atoms with van der Waals surface area (Å²) < 4.78 is 1.67. The number of aryl methyl sites for hydroxylation is 2. The Kier molecular flexibility index (Phi) is 6.26. The summed E-state index contributed by atoms with van der Waals surface area (Å²) in [7, 11) is 0. The molecule has 0 aromatic carbocycles. The molecule has 0 bridgehead atoms. The van der Waals surface area contributed by atoms with E-state index >= 15 is 0 Å². The quantitative estimate of drug-likeness (QED) is 0.796. The van der Waals surface area contributed by atoms with Crippen LogP contribution in [0.3, 0.4) is 0 Å². The van der Waals surface area contributed by atoms with Crippen LogP contribution < -0.4 is 10.9 Å². The molecule has 2 aliphatic heterocycles. The molecule has 2 aromatic rings. The van der Waals surface area contributed by atoms with Crippen molar-refractivity contribution >= 4 is 17.6 Å². The van der Waals surface area contributed by atoms with E-state index in [-0.39, 0.29) is 5.56 Å². The van der Waals surface area contributed by atoms with Crippen molar-refractivity contribution in [3.05, 3.63) is 45.8 Å². The van der Waals surface area contributed by atoms with E-state index in [1.54, 1.807) is 17.1 Å².